The predicted octanol–water partition coefficient (Wildman–Crippen LogP) is -0.0259. The van der Waals surface area contributed by atoms with Crippen molar-refractivity contribution in [2.45, 2.75) is 13.3 Å². The Morgan fingerprint density at radius 3 is 2.65 bits per heavy atom. The highest BCUT2D eigenvalue weighted by atomic mass is 19.1. The summed E-state index contributed by atoms with van der Waals surface area (Å²) in [6, 6.07) is 5.78. The van der Waals surface area contributed by atoms with E-state index in [9.17, 15) is 23.6 Å². The lowest BCUT2D eigenvalue weighted by Crippen LogP contribution is -2.39. The van der Waals surface area contributed by atoms with Crippen LogP contribution in [0.1, 0.15) is 13.3 Å². The molecule has 1 aliphatic heterocycles. The monoisotopic (exact) mass is 365 g/mol. The van der Waals surface area contributed by atoms with Crippen molar-refractivity contribution in [2.24, 2.45) is 5.92 Å². The van der Waals surface area contributed by atoms with Crippen molar-refractivity contribution >= 4 is 29.4 Å². The van der Waals surface area contributed by atoms with E-state index in [0.717, 1.165) is 0 Å². The topological polar surface area (TPSA) is 105 Å². The van der Waals surface area contributed by atoms with Gasteiger partial charge in [-0.1, -0.05) is 12.1 Å². The third-order valence-corrected chi connectivity index (χ3v) is 3.77. The summed E-state index contributed by atoms with van der Waals surface area (Å²) < 4.78 is 18.7. The maximum absolute atomic E-state index is 13.8. The molecule has 3 amide bonds. The average Bonchev–Trinajstić information content (AvgIpc) is 3.00. The Bertz CT molecular complexity index is 709. The van der Waals surface area contributed by atoms with E-state index in [4.69, 9.17) is 4.74 Å². The molecule has 2 N–H and O–H groups in total. The molecule has 8 nitrogen and oxygen atoms in total. The van der Waals surface area contributed by atoms with Gasteiger partial charge in [0.1, 0.15) is 5.82 Å². The number of nitrogens with one attached hydrogen (secondary N) is 2. The predicted molar refractivity (Wildman–Crippen MR) is 89.5 cm³/mol. The maximum atomic E-state index is 13.8. The van der Waals surface area contributed by atoms with E-state index in [2.05, 4.69) is 10.6 Å². The fourth-order valence-electron chi connectivity index (χ4n) is 2.51. The molecule has 1 fully saturated rings. The van der Waals surface area contributed by atoms with Crippen molar-refractivity contribution in [1.82, 2.24) is 10.6 Å². The number of halogens is 1. The minimum atomic E-state index is -0.779. The van der Waals surface area contributed by atoms with Crippen LogP contribution in [0.25, 0.3) is 0 Å². The fourth-order valence-corrected chi connectivity index (χ4v) is 2.51. The van der Waals surface area contributed by atoms with E-state index < -0.39 is 36.1 Å². The first-order chi connectivity index (χ1) is 12.4. The summed E-state index contributed by atoms with van der Waals surface area (Å²) in [6.45, 7) is 1.40. The van der Waals surface area contributed by atoms with Crippen molar-refractivity contribution in [3.63, 3.8) is 0 Å². The SMILES string of the molecule is CCNC(=O)CNC(=O)COC(=O)[C@@H]1CC(=O)N(c2ccccc2F)C1. The lowest BCUT2D eigenvalue weighted by atomic mass is 10.1. The number of hydrogen-bond donors (Lipinski definition) is 2. The number of hydrogen-bond acceptors (Lipinski definition) is 5. The van der Waals surface area contributed by atoms with Gasteiger partial charge in [0.25, 0.3) is 5.91 Å². The molecule has 0 bridgehead atoms. The Kier molecular flexibility index (Phi) is 6.65. The lowest BCUT2D eigenvalue weighted by molar-refractivity contribution is -0.152. The molecule has 0 radical (unpaired) electrons. The van der Waals surface area contributed by atoms with Gasteiger partial charge < -0.3 is 20.3 Å². The van der Waals surface area contributed by atoms with Gasteiger partial charge in [-0.2, -0.15) is 0 Å². The molecule has 1 aromatic carbocycles. The maximum Gasteiger partial charge on any atom is 0.311 e. The smallest absolute Gasteiger partial charge is 0.311 e. The number of amides is 3. The number of anilines is 1. The highest BCUT2D eigenvalue weighted by molar-refractivity contribution is 5.99. The highest BCUT2D eigenvalue weighted by Gasteiger charge is 2.37. The van der Waals surface area contributed by atoms with Crippen LogP contribution in [0.15, 0.2) is 24.3 Å². The second kappa shape index (κ2) is 8.93. The number of ether oxygens (including phenoxy) is 1. The van der Waals surface area contributed by atoms with Crippen molar-refractivity contribution < 1.29 is 28.3 Å². The van der Waals surface area contributed by atoms with Crippen LogP contribution in [0.2, 0.25) is 0 Å². The van der Waals surface area contributed by atoms with E-state index in [1.54, 1.807) is 13.0 Å². The Hall–Kier alpha value is -2.97. The molecule has 2 rings (SSSR count). The Labute approximate surface area is 149 Å². The summed E-state index contributed by atoms with van der Waals surface area (Å²) in [5.41, 5.74) is 0.104. The standard InChI is InChI=1S/C17H20FN3O5/c1-2-19-14(22)8-20-15(23)10-26-17(25)11-7-16(24)21(9-11)13-6-4-3-5-12(13)18/h3-6,11H,2,7-10H2,1H3,(H,19,22)(H,20,23)/t11-/m1/s1. The average molecular weight is 365 g/mol. The summed E-state index contributed by atoms with van der Waals surface area (Å²) in [5.74, 6) is -3.42. The summed E-state index contributed by atoms with van der Waals surface area (Å²) in [5, 5.41) is 4.81. The van der Waals surface area contributed by atoms with Gasteiger partial charge in [-0.15, -0.1) is 0 Å². The number of esters is 1. The van der Waals surface area contributed by atoms with E-state index >= 15 is 0 Å². The molecule has 1 heterocycles. The quantitative estimate of drug-likeness (QED) is 0.661. The van der Waals surface area contributed by atoms with E-state index in [0.29, 0.717) is 6.54 Å². The normalized spacial score (nSPS) is 16.3. The molecular formula is C17H20FN3O5. The van der Waals surface area contributed by atoms with Gasteiger partial charge in [-0.05, 0) is 19.1 Å². The van der Waals surface area contributed by atoms with Crippen LogP contribution in [0.3, 0.4) is 0 Å². The van der Waals surface area contributed by atoms with Crippen LogP contribution < -0.4 is 15.5 Å². The van der Waals surface area contributed by atoms with Gasteiger partial charge in [0, 0.05) is 19.5 Å². The molecule has 0 spiro atoms. The molecule has 0 aromatic heterocycles. The molecule has 0 aliphatic carbocycles. The van der Waals surface area contributed by atoms with Gasteiger partial charge >= 0.3 is 5.97 Å². The minimum absolute atomic E-state index is 0.0148. The second-order valence-corrected chi connectivity index (χ2v) is 5.69. The number of para-hydroxylation sites is 1. The molecule has 1 aromatic rings. The van der Waals surface area contributed by atoms with E-state index in [1.165, 1.54) is 23.1 Å². The van der Waals surface area contributed by atoms with Gasteiger partial charge in [0.15, 0.2) is 6.61 Å². The Morgan fingerprint density at radius 1 is 1.23 bits per heavy atom. The highest BCUT2D eigenvalue weighted by Crippen LogP contribution is 2.27. The molecule has 0 saturated carbocycles. The molecule has 1 saturated heterocycles. The Morgan fingerprint density at radius 2 is 1.96 bits per heavy atom. The first-order valence-corrected chi connectivity index (χ1v) is 8.17. The summed E-state index contributed by atoms with van der Waals surface area (Å²) >= 11 is 0. The van der Waals surface area contributed by atoms with Gasteiger partial charge in [-0.3, -0.25) is 19.2 Å². The fraction of sp³-hybridized carbons (Fsp3) is 0.412. The zero-order valence-corrected chi connectivity index (χ0v) is 14.3. The molecule has 0 unspecified atom stereocenters. The van der Waals surface area contributed by atoms with E-state index in [1.807, 2.05) is 0 Å². The zero-order valence-electron chi connectivity index (χ0n) is 14.3. The largest absolute Gasteiger partial charge is 0.455 e. The summed E-state index contributed by atoms with van der Waals surface area (Å²) in [7, 11) is 0. The molecule has 1 aliphatic rings. The van der Waals surface area contributed by atoms with Crippen LogP contribution in [0.5, 0.6) is 0 Å². The molecule has 26 heavy (non-hydrogen) atoms. The van der Waals surface area contributed by atoms with Gasteiger partial charge in [0.05, 0.1) is 18.2 Å². The van der Waals surface area contributed by atoms with Crippen molar-refractivity contribution in [3.8, 4) is 0 Å². The first kappa shape index (κ1) is 19.4. The third kappa shape index (κ3) is 5.01. The number of carbonyl (C=O) groups is 4. The number of rotatable bonds is 7. The molecular weight excluding hydrogens is 345 g/mol. The van der Waals surface area contributed by atoms with Gasteiger partial charge in [-0.25, -0.2) is 4.39 Å². The number of likely N-dealkylation sites (N-methyl/N-ethyl adjacent to an activating group) is 1. The first-order valence-electron chi connectivity index (χ1n) is 8.17. The van der Waals surface area contributed by atoms with Crippen LogP contribution >= 0.6 is 0 Å². The number of nitrogens with zero attached hydrogens (tertiary/aromatic N) is 1. The lowest BCUT2D eigenvalue weighted by Gasteiger charge is -2.17. The minimum Gasteiger partial charge on any atom is -0.455 e. The molecule has 140 valence electrons. The molecule has 1 atom stereocenters. The summed E-state index contributed by atoms with van der Waals surface area (Å²) in [6.07, 6.45) is -0.117. The van der Waals surface area contributed by atoms with Crippen LogP contribution in [0, 0.1) is 11.7 Å². The third-order valence-electron chi connectivity index (χ3n) is 3.77. The Balaban J connectivity index is 1.82. The van der Waals surface area contributed by atoms with Crippen molar-refractivity contribution in [3.05, 3.63) is 30.1 Å². The number of benzene rings is 1. The number of carbonyl (C=O) groups excluding carboxylic acids is 4. The second-order valence-electron chi connectivity index (χ2n) is 5.69. The van der Waals surface area contributed by atoms with E-state index in [-0.39, 0.29) is 31.1 Å². The van der Waals surface area contributed by atoms with Crippen molar-refractivity contribution in [1.29, 1.82) is 0 Å². The van der Waals surface area contributed by atoms with Crippen molar-refractivity contribution in [2.75, 3.05) is 31.1 Å². The summed E-state index contributed by atoms with van der Waals surface area (Å²) in [4.78, 5) is 48.1. The van der Waals surface area contributed by atoms with Gasteiger partial charge in [0.2, 0.25) is 11.8 Å². The molecule has 9 heteroatoms. The van der Waals surface area contributed by atoms with Crippen LogP contribution in [-0.2, 0) is 23.9 Å². The van der Waals surface area contributed by atoms with Crippen LogP contribution in [-0.4, -0.2) is 49.9 Å². The van der Waals surface area contributed by atoms with Crippen LogP contribution in [0.4, 0.5) is 10.1 Å². The zero-order chi connectivity index (χ0) is 19.1.